The Bertz CT molecular complexity index is 684. The predicted molar refractivity (Wildman–Crippen MR) is 82.6 cm³/mol. The van der Waals surface area contributed by atoms with Crippen LogP contribution in [-0.4, -0.2) is 12.1 Å². The van der Waals surface area contributed by atoms with Gasteiger partial charge in [0.1, 0.15) is 5.82 Å². The fraction of sp³-hybridized carbons (Fsp3) is 0. The first-order valence-electron chi connectivity index (χ1n) is 6.17. The van der Waals surface area contributed by atoms with Crippen LogP contribution < -0.4 is 5.43 Å². The minimum absolute atomic E-state index is 0.0715. The van der Waals surface area contributed by atoms with Crippen molar-refractivity contribution in [2.45, 2.75) is 0 Å². The number of hydrazone groups is 1. The number of allylic oxidation sites excluding steroid dienone is 1. The van der Waals surface area contributed by atoms with Crippen molar-refractivity contribution >= 4 is 29.8 Å². The maximum absolute atomic E-state index is 13.4. The molecule has 0 saturated carbocycles. The summed E-state index contributed by atoms with van der Waals surface area (Å²) in [6.07, 6.45) is 2.98. The topological polar surface area (TPSA) is 41.5 Å². The minimum Gasteiger partial charge on any atom is -0.267 e. The summed E-state index contributed by atoms with van der Waals surface area (Å²) in [5.41, 5.74) is 3.06. The number of carbonyl (C=O) groups is 1. The van der Waals surface area contributed by atoms with Gasteiger partial charge in [0.2, 0.25) is 0 Å². The quantitative estimate of drug-likeness (QED) is 0.677. The molecule has 3 nitrogen and oxygen atoms in total. The average molecular weight is 303 g/mol. The lowest BCUT2D eigenvalue weighted by atomic mass is 10.2. The van der Waals surface area contributed by atoms with Gasteiger partial charge >= 0.3 is 0 Å². The lowest BCUT2D eigenvalue weighted by molar-refractivity contribution is 0.0951. The Morgan fingerprint density at radius 3 is 2.48 bits per heavy atom. The number of benzene rings is 2. The van der Waals surface area contributed by atoms with Crippen molar-refractivity contribution < 1.29 is 9.18 Å². The monoisotopic (exact) mass is 302 g/mol. The van der Waals surface area contributed by atoms with E-state index in [4.69, 9.17) is 11.6 Å². The van der Waals surface area contributed by atoms with Crippen LogP contribution in [0.4, 0.5) is 4.39 Å². The van der Waals surface area contributed by atoms with Gasteiger partial charge in [-0.1, -0.05) is 54.1 Å². The summed E-state index contributed by atoms with van der Waals surface area (Å²) in [5, 5.41) is 4.04. The molecule has 0 unspecified atom stereocenters. The number of rotatable bonds is 4. The van der Waals surface area contributed by atoms with E-state index in [1.807, 2.05) is 30.3 Å². The van der Waals surface area contributed by atoms with Crippen LogP contribution in [0.25, 0.3) is 6.08 Å². The predicted octanol–water partition coefficient (Wildman–Crippen LogP) is 3.82. The largest absolute Gasteiger partial charge is 0.274 e. The van der Waals surface area contributed by atoms with Crippen molar-refractivity contribution in [3.8, 4) is 0 Å². The summed E-state index contributed by atoms with van der Waals surface area (Å²) in [6.45, 7) is 0. The molecule has 0 spiro atoms. The van der Waals surface area contributed by atoms with Crippen LogP contribution in [0.5, 0.6) is 0 Å². The van der Waals surface area contributed by atoms with Crippen molar-refractivity contribution in [1.82, 2.24) is 5.43 Å². The van der Waals surface area contributed by atoms with Crippen LogP contribution >= 0.6 is 11.6 Å². The zero-order valence-electron chi connectivity index (χ0n) is 11.0. The zero-order valence-corrected chi connectivity index (χ0v) is 11.7. The highest BCUT2D eigenvalue weighted by Gasteiger charge is 2.08. The van der Waals surface area contributed by atoms with Crippen LogP contribution in [0.2, 0.25) is 0 Å². The molecule has 0 radical (unpaired) electrons. The molecule has 106 valence electrons. The maximum atomic E-state index is 13.4. The molecule has 2 aromatic carbocycles. The highest BCUT2D eigenvalue weighted by atomic mass is 35.5. The van der Waals surface area contributed by atoms with Crippen molar-refractivity contribution in [3.63, 3.8) is 0 Å². The highest BCUT2D eigenvalue weighted by molar-refractivity contribution is 6.41. The van der Waals surface area contributed by atoms with Crippen molar-refractivity contribution in [2.24, 2.45) is 5.10 Å². The second-order valence-corrected chi connectivity index (χ2v) is 4.56. The number of halogens is 2. The van der Waals surface area contributed by atoms with E-state index >= 15 is 0 Å². The van der Waals surface area contributed by atoms with Gasteiger partial charge in [0, 0.05) is 0 Å². The van der Waals surface area contributed by atoms with E-state index in [0.29, 0.717) is 5.03 Å². The first-order chi connectivity index (χ1) is 10.2. The number of nitrogens with zero attached hydrogens (tertiary/aromatic N) is 1. The highest BCUT2D eigenvalue weighted by Crippen LogP contribution is 2.08. The van der Waals surface area contributed by atoms with E-state index in [2.05, 4.69) is 10.5 Å². The van der Waals surface area contributed by atoms with Gasteiger partial charge in [-0.2, -0.15) is 5.10 Å². The lowest BCUT2D eigenvalue weighted by Crippen LogP contribution is -2.18. The van der Waals surface area contributed by atoms with Crippen LogP contribution in [0, 0.1) is 5.82 Å². The number of carbonyl (C=O) groups excluding carboxylic acids is 1. The van der Waals surface area contributed by atoms with Gasteiger partial charge in [-0.3, -0.25) is 4.79 Å². The van der Waals surface area contributed by atoms with Gasteiger partial charge in [0.25, 0.3) is 5.91 Å². The summed E-state index contributed by atoms with van der Waals surface area (Å²) >= 11 is 5.96. The molecule has 0 fully saturated rings. The molecule has 0 aliphatic heterocycles. The number of nitrogens with one attached hydrogen (secondary N) is 1. The molecule has 0 aliphatic carbocycles. The molecular formula is C16H12ClFN2O. The molecule has 5 heteroatoms. The second-order valence-electron chi connectivity index (χ2n) is 4.12. The first kappa shape index (κ1) is 14.9. The van der Waals surface area contributed by atoms with Crippen molar-refractivity contribution in [1.29, 1.82) is 0 Å². The van der Waals surface area contributed by atoms with Gasteiger partial charge < -0.3 is 0 Å². The Labute approximate surface area is 126 Å². The van der Waals surface area contributed by atoms with E-state index in [1.54, 1.807) is 12.1 Å². The fourth-order valence-corrected chi connectivity index (χ4v) is 1.78. The molecule has 21 heavy (non-hydrogen) atoms. The fourth-order valence-electron chi connectivity index (χ4n) is 1.60. The number of hydrogen-bond acceptors (Lipinski definition) is 2. The molecule has 1 amide bonds. The number of hydrogen-bond donors (Lipinski definition) is 1. The summed E-state index contributed by atoms with van der Waals surface area (Å²) in [4.78, 5) is 11.7. The smallest absolute Gasteiger partial charge is 0.267 e. The van der Waals surface area contributed by atoms with E-state index in [0.717, 1.165) is 5.56 Å². The van der Waals surface area contributed by atoms with Crippen molar-refractivity contribution in [3.05, 3.63) is 76.6 Å². The van der Waals surface area contributed by atoms with Crippen LogP contribution in [0.15, 0.2) is 64.7 Å². The van der Waals surface area contributed by atoms with Gasteiger partial charge in [-0.25, -0.2) is 9.82 Å². The summed E-state index contributed by atoms with van der Waals surface area (Å²) < 4.78 is 13.4. The van der Waals surface area contributed by atoms with Crippen LogP contribution in [0.1, 0.15) is 15.9 Å². The second kappa shape index (κ2) is 7.36. The van der Waals surface area contributed by atoms with Crippen molar-refractivity contribution in [2.75, 3.05) is 0 Å². The molecule has 2 aromatic rings. The third kappa shape index (κ3) is 4.54. The molecule has 1 N–H and O–H groups in total. The van der Waals surface area contributed by atoms with E-state index in [9.17, 15) is 9.18 Å². The van der Waals surface area contributed by atoms with Gasteiger partial charge in [0.05, 0.1) is 16.8 Å². The van der Waals surface area contributed by atoms with E-state index in [-0.39, 0.29) is 5.56 Å². The molecule has 0 heterocycles. The third-order valence-electron chi connectivity index (χ3n) is 2.58. The Hall–Kier alpha value is -2.46. The Balaban J connectivity index is 1.98. The number of amides is 1. The Morgan fingerprint density at radius 2 is 1.76 bits per heavy atom. The standard InChI is InChI=1S/C16H12ClFN2O/c17-13(10-12-6-2-1-3-7-12)11-19-20-16(21)14-8-4-5-9-15(14)18/h1-11H,(H,20,21)/b13-10-,19-11-. The molecule has 0 aliphatic rings. The van der Waals surface area contributed by atoms with Crippen LogP contribution in [-0.2, 0) is 0 Å². The Morgan fingerprint density at radius 1 is 1.10 bits per heavy atom. The SMILES string of the molecule is O=C(N/N=C\C(Cl)=C\c1ccccc1)c1ccccc1F. The van der Waals surface area contributed by atoms with Gasteiger partial charge in [-0.05, 0) is 23.8 Å². The van der Waals surface area contributed by atoms with E-state index < -0.39 is 11.7 Å². The molecule has 0 aromatic heterocycles. The summed E-state index contributed by atoms with van der Waals surface area (Å²) in [7, 11) is 0. The minimum atomic E-state index is -0.631. The molecule has 0 atom stereocenters. The third-order valence-corrected chi connectivity index (χ3v) is 2.78. The van der Waals surface area contributed by atoms with Gasteiger partial charge in [0.15, 0.2) is 0 Å². The molecular weight excluding hydrogens is 291 g/mol. The lowest BCUT2D eigenvalue weighted by Gasteiger charge is -2.00. The summed E-state index contributed by atoms with van der Waals surface area (Å²) in [5.74, 6) is -1.23. The maximum Gasteiger partial charge on any atom is 0.274 e. The van der Waals surface area contributed by atoms with E-state index in [1.165, 1.54) is 24.4 Å². The first-order valence-corrected chi connectivity index (χ1v) is 6.55. The molecule has 0 saturated heterocycles. The van der Waals surface area contributed by atoms with Crippen LogP contribution in [0.3, 0.4) is 0 Å². The summed E-state index contributed by atoms with van der Waals surface area (Å²) in [6, 6.07) is 15.1. The average Bonchev–Trinajstić information content (AvgIpc) is 2.48. The van der Waals surface area contributed by atoms with Gasteiger partial charge in [-0.15, -0.1) is 0 Å². The Kier molecular flexibility index (Phi) is 5.23. The molecule has 2 rings (SSSR count). The normalized spacial score (nSPS) is 11.6. The molecule has 0 bridgehead atoms. The zero-order chi connectivity index (χ0) is 15.1.